The molecule has 0 unspecified atom stereocenters. The SMILES string of the molecule is C=CC(=O)Cl.C=CC(=O)Nc1cc(Nc2ncc(Cl)c(Nc3ccc4nccnc4c3P(C)(C)=O)n2)c(OC)cc1N1CCC2(CC1)CC(N(C)C)C2.COc1cc(N2CCC3(CC2)CC(N(C)C)C3)c(N)cc1Nc1ncc(Cl)c(Nc2ccc3nccnc3c2P(C)(C)=O)n1. The molecular formula is C68H83Cl3N18O6P2. The van der Waals surface area contributed by atoms with Crippen LogP contribution in [0.4, 0.5) is 69.0 Å². The fourth-order valence-electron chi connectivity index (χ4n) is 13.2. The quantitative estimate of drug-likeness (QED) is 0.0190. The maximum atomic E-state index is 13.4. The van der Waals surface area contributed by atoms with Gasteiger partial charge in [-0.25, -0.2) is 9.97 Å². The number of nitrogens with one attached hydrogen (secondary N) is 5. The van der Waals surface area contributed by atoms with Gasteiger partial charge >= 0.3 is 0 Å². The number of fused-ring (bicyclic) bond motifs is 2. The highest BCUT2D eigenvalue weighted by Gasteiger charge is 2.48. The highest BCUT2D eigenvalue weighted by molar-refractivity contribution is 7.71. The van der Waals surface area contributed by atoms with Crippen molar-refractivity contribution in [3.05, 3.63) is 121 Å². The molecule has 0 radical (unpaired) electrons. The molecule has 0 atom stereocenters. The first-order valence-corrected chi connectivity index (χ1v) is 38.0. The molecule has 512 valence electrons. The Morgan fingerprint density at radius 3 is 1.38 bits per heavy atom. The highest BCUT2D eigenvalue weighted by atomic mass is 35.5. The van der Waals surface area contributed by atoms with Crippen molar-refractivity contribution < 1.29 is 28.2 Å². The first kappa shape index (κ1) is 71.6. The molecule has 6 heterocycles. The minimum Gasteiger partial charge on any atom is -0.494 e. The first-order valence-electron chi connectivity index (χ1n) is 31.6. The van der Waals surface area contributed by atoms with Crippen LogP contribution in [0.5, 0.6) is 11.5 Å². The molecule has 0 bridgehead atoms. The van der Waals surface area contributed by atoms with Crippen molar-refractivity contribution in [3.63, 3.8) is 0 Å². The van der Waals surface area contributed by atoms with Crippen molar-refractivity contribution in [2.75, 3.05) is 137 Å². The molecule has 8 aromatic rings. The second kappa shape index (κ2) is 29.9. The van der Waals surface area contributed by atoms with E-state index in [1.165, 1.54) is 57.0 Å². The summed E-state index contributed by atoms with van der Waals surface area (Å²) in [6.07, 6.45) is 21.2. The Morgan fingerprint density at radius 2 is 0.990 bits per heavy atom. The number of rotatable bonds is 19. The molecule has 2 saturated heterocycles. The molecule has 97 heavy (non-hydrogen) atoms. The number of halogens is 3. The maximum Gasteiger partial charge on any atom is 0.247 e. The Balaban J connectivity index is 0.000000198. The van der Waals surface area contributed by atoms with Gasteiger partial charge in [0.25, 0.3) is 0 Å². The predicted octanol–water partition coefficient (Wildman–Crippen LogP) is 12.9. The van der Waals surface area contributed by atoms with Gasteiger partial charge in [-0.05, 0) is 177 Å². The summed E-state index contributed by atoms with van der Waals surface area (Å²) in [7, 11) is 6.31. The second-order valence-corrected chi connectivity index (χ2v) is 33.6. The van der Waals surface area contributed by atoms with E-state index >= 15 is 0 Å². The van der Waals surface area contributed by atoms with Gasteiger partial charge in [0.05, 0.1) is 93.8 Å². The summed E-state index contributed by atoms with van der Waals surface area (Å²) in [4.78, 5) is 67.1. The van der Waals surface area contributed by atoms with Gasteiger partial charge in [-0.2, -0.15) is 9.97 Å². The first-order chi connectivity index (χ1) is 46.1. The molecular weight excluding hydrogens is 1330 g/mol. The van der Waals surface area contributed by atoms with Crippen molar-refractivity contribution in [1.82, 2.24) is 49.7 Å². The zero-order valence-corrected chi connectivity index (χ0v) is 60.3. The van der Waals surface area contributed by atoms with Gasteiger partial charge < -0.3 is 70.5 Å². The number of hydrogen-bond donors (Lipinski definition) is 6. The number of hydrogen-bond acceptors (Lipinski definition) is 23. The molecule has 29 heteroatoms. The van der Waals surface area contributed by atoms with E-state index < -0.39 is 19.5 Å². The van der Waals surface area contributed by atoms with Crippen LogP contribution in [0.3, 0.4) is 0 Å². The average molecular weight is 1420 g/mol. The monoisotopic (exact) mass is 1410 g/mol. The van der Waals surface area contributed by atoms with E-state index in [0.717, 1.165) is 56.5 Å². The summed E-state index contributed by atoms with van der Waals surface area (Å²) < 4.78 is 38.4. The van der Waals surface area contributed by atoms with Gasteiger partial charge in [-0.1, -0.05) is 36.4 Å². The van der Waals surface area contributed by atoms with E-state index in [1.807, 2.05) is 36.4 Å². The normalized spacial score (nSPS) is 15.9. The third kappa shape index (κ3) is 16.5. The molecule has 4 aromatic heterocycles. The molecule has 4 fully saturated rings. The van der Waals surface area contributed by atoms with Gasteiger partial charge in [0, 0.05) is 75.2 Å². The lowest BCUT2D eigenvalue weighted by molar-refractivity contribution is -0.112. The molecule has 2 aliphatic heterocycles. The van der Waals surface area contributed by atoms with Crippen LogP contribution in [0, 0.1) is 10.8 Å². The van der Waals surface area contributed by atoms with E-state index in [9.17, 15) is 18.7 Å². The number of benzene rings is 4. The summed E-state index contributed by atoms with van der Waals surface area (Å²) in [6.45, 7) is 17.2. The fourth-order valence-corrected chi connectivity index (χ4v) is 16.3. The number of nitrogens with two attached hydrogens (primary N) is 1. The summed E-state index contributed by atoms with van der Waals surface area (Å²) in [5.41, 5.74) is 15.3. The van der Waals surface area contributed by atoms with Crippen molar-refractivity contribution in [3.8, 4) is 11.5 Å². The second-order valence-electron chi connectivity index (χ2n) is 26.2. The molecule has 2 aliphatic carbocycles. The van der Waals surface area contributed by atoms with Crippen molar-refractivity contribution >= 4 is 162 Å². The van der Waals surface area contributed by atoms with Gasteiger partial charge in [-0.15, -0.1) is 0 Å². The summed E-state index contributed by atoms with van der Waals surface area (Å²) in [5, 5.41) is 17.1. The Morgan fingerprint density at radius 1 is 0.588 bits per heavy atom. The van der Waals surface area contributed by atoms with Gasteiger partial charge in [-0.3, -0.25) is 29.5 Å². The molecule has 4 aliphatic rings. The van der Waals surface area contributed by atoms with E-state index in [4.69, 9.17) is 50.0 Å². The number of anilines is 12. The molecule has 24 nitrogen and oxygen atoms in total. The molecule has 2 saturated carbocycles. The summed E-state index contributed by atoms with van der Waals surface area (Å²) >= 11 is 17.8. The molecule has 12 rings (SSSR count). The third-order valence-electron chi connectivity index (χ3n) is 18.5. The van der Waals surface area contributed by atoms with Gasteiger partial charge in [0.2, 0.25) is 23.0 Å². The number of allylic oxidation sites excluding steroid dienone is 1. The van der Waals surface area contributed by atoms with Crippen LogP contribution in [-0.2, 0) is 18.7 Å². The Bertz CT molecular complexity index is 4370. The fraction of sp³-hybridized carbons (Fsp3) is 0.382. The molecule has 7 N–H and O–H groups in total. The average Bonchev–Trinajstić information content (AvgIpc) is 0.775. The standard InChI is InChI=1S/C34H41ClN9O3P.C31H39ClN9O2P.C3H3ClO/c1-7-29(45)39-25-16-26(28(47-4)17-27(25)44-14-10-34(11-15-44)18-21(19-34)43(2)3)41-33-38-20-22(35)32(42-33)40-24-9-8-23-30(37-13-12-36-23)31(24)48(5,6)46;1-40(2)19-16-31(17-19)8-12-41(13-9-31)25-15-26(43-3)24(14-21(25)33)38-30-36-18-20(32)29(39-30)37-23-7-6-22-27(35-11-10-34-22)28(23)44(4,5)42;1-2-3(4)5/h7-9,12-13,16-17,20-21H,1,10-11,14-15,18-19H2,2-6H3,(H,39,45)(H2,38,40,41,42);6-7,10-11,14-15,18-19H,8-9,12-13,16-17,33H2,1-5H3,(H2,36,37,38,39);2H,1H2. The number of carbonyl (C=O) groups excluding carboxylic acids is 2. The third-order valence-corrected chi connectivity index (χ3v) is 22.3. The van der Waals surface area contributed by atoms with E-state index in [1.54, 1.807) is 77.8 Å². The number of ether oxygens (including phenoxy) is 2. The van der Waals surface area contributed by atoms with E-state index in [-0.39, 0.29) is 16.9 Å². The van der Waals surface area contributed by atoms with Crippen LogP contribution >= 0.6 is 49.1 Å². The lowest BCUT2D eigenvalue weighted by atomic mass is 9.60. The minimum atomic E-state index is -2.81. The van der Waals surface area contributed by atoms with Crippen LogP contribution in [-0.4, -0.2) is 168 Å². The van der Waals surface area contributed by atoms with Crippen LogP contribution in [0.15, 0.2) is 111 Å². The summed E-state index contributed by atoms with van der Waals surface area (Å²) in [5.74, 6) is 2.04. The van der Waals surface area contributed by atoms with Crippen molar-refractivity contribution in [1.29, 1.82) is 0 Å². The van der Waals surface area contributed by atoms with Crippen LogP contribution < -0.4 is 62.2 Å². The summed E-state index contributed by atoms with van der Waals surface area (Å²) in [6, 6.07) is 16.2. The minimum absolute atomic E-state index is 0.229. The zero-order chi connectivity index (χ0) is 69.7. The Kier molecular flexibility index (Phi) is 22.0. The number of nitrogens with zero attached hydrogens (tertiary/aromatic N) is 12. The molecule has 1 amide bonds. The van der Waals surface area contributed by atoms with Crippen molar-refractivity contribution in [2.24, 2.45) is 10.8 Å². The number of nitrogen functional groups attached to an aromatic ring is 1. The maximum absolute atomic E-state index is 13.4. The lowest BCUT2D eigenvalue weighted by Crippen LogP contribution is -2.53. The Hall–Kier alpha value is -8.21. The zero-order valence-electron chi connectivity index (χ0n) is 56.2. The van der Waals surface area contributed by atoms with E-state index in [0.29, 0.717) is 124 Å². The molecule has 2 spiro atoms. The van der Waals surface area contributed by atoms with Gasteiger partial charge in [0.1, 0.15) is 46.9 Å². The number of piperidine rings is 2. The number of amides is 1. The van der Waals surface area contributed by atoms with Gasteiger partial charge in [0.15, 0.2) is 11.6 Å². The smallest absolute Gasteiger partial charge is 0.247 e. The highest BCUT2D eigenvalue weighted by Crippen LogP contribution is 2.54. The predicted molar refractivity (Wildman–Crippen MR) is 396 cm³/mol. The topological polar surface area (TPSA) is 289 Å². The van der Waals surface area contributed by atoms with Crippen molar-refractivity contribution in [2.45, 2.75) is 63.5 Å². The van der Waals surface area contributed by atoms with E-state index in [2.05, 4.69) is 127 Å². The van der Waals surface area contributed by atoms with Crippen LogP contribution in [0.25, 0.3) is 22.1 Å². The number of carbonyl (C=O) groups is 2. The number of aromatic nitrogens is 8. The van der Waals surface area contributed by atoms with Crippen LogP contribution in [0.2, 0.25) is 10.0 Å². The van der Waals surface area contributed by atoms with Crippen LogP contribution in [0.1, 0.15) is 51.4 Å². The Labute approximate surface area is 580 Å². The molecule has 4 aromatic carbocycles. The largest absolute Gasteiger partial charge is 0.494 e. The number of methoxy groups -OCH3 is 2. The lowest BCUT2D eigenvalue weighted by Gasteiger charge is -2.54.